The van der Waals surface area contributed by atoms with E-state index >= 15 is 0 Å². The summed E-state index contributed by atoms with van der Waals surface area (Å²) >= 11 is 0. The topological polar surface area (TPSA) is 60.8 Å². The van der Waals surface area contributed by atoms with Gasteiger partial charge in [0.05, 0.1) is 12.0 Å². The van der Waals surface area contributed by atoms with Gasteiger partial charge in [-0.05, 0) is 31.5 Å². The third-order valence-corrected chi connectivity index (χ3v) is 3.86. The zero-order chi connectivity index (χ0) is 13.0. The highest BCUT2D eigenvalue weighted by Gasteiger charge is 2.42. The minimum absolute atomic E-state index is 0.130. The van der Waals surface area contributed by atoms with E-state index in [1.54, 1.807) is 0 Å². The second-order valence-electron chi connectivity index (χ2n) is 4.82. The normalized spacial score (nSPS) is 19.6. The average Bonchev–Trinajstić information content (AvgIpc) is 2.41. The number of hydrogen-bond acceptors (Lipinski definition) is 3. The molecule has 1 heterocycles. The van der Waals surface area contributed by atoms with Gasteiger partial charge >= 0.3 is 5.97 Å². The van der Waals surface area contributed by atoms with E-state index < -0.39 is 11.4 Å². The standard InChI is InChI=1S/C14H19NO3/c16-11-10-15-8-6-14(7-9-15,13(17)18)12-4-2-1-3-5-12/h1-5,16H,6-11H2,(H,17,18). The number of aliphatic hydroxyl groups is 1. The molecule has 2 N–H and O–H groups in total. The molecule has 1 aliphatic rings. The molecular formula is C14H19NO3. The minimum atomic E-state index is -0.757. The lowest BCUT2D eigenvalue weighted by molar-refractivity contribution is -0.146. The third-order valence-electron chi connectivity index (χ3n) is 3.86. The lowest BCUT2D eigenvalue weighted by atomic mass is 9.73. The molecule has 0 saturated carbocycles. The molecule has 2 rings (SSSR count). The summed E-state index contributed by atoms with van der Waals surface area (Å²) in [5.41, 5.74) is 0.133. The van der Waals surface area contributed by atoms with Gasteiger partial charge in [-0.15, -0.1) is 0 Å². The Morgan fingerprint density at radius 1 is 1.22 bits per heavy atom. The van der Waals surface area contributed by atoms with Crippen LogP contribution in [-0.4, -0.2) is 47.3 Å². The summed E-state index contributed by atoms with van der Waals surface area (Å²) in [6, 6.07) is 9.48. The van der Waals surface area contributed by atoms with Crippen molar-refractivity contribution in [3.05, 3.63) is 35.9 Å². The molecule has 1 aliphatic heterocycles. The molecule has 0 atom stereocenters. The number of carboxylic acid groups (broad SMARTS) is 1. The number of carboxylic acids is 1. The summed E-state index contributed by atoms with van der Waals surface area (Å²) < 4.78 is 0. The maximum atomic E-state index is 11.7. The molecule has 4 heteroatoms. The molecule has 0 aliphatic carbocycles. The van der Waals surface area contributed by atoms with E-state index in [0.29, 0.717) is 19.4 Å². The predicted octanol–water partition coefficient (Wildman–Crippen LogP) is 1.10. The Hall–Kier alpha value is -1.39. The van der Waals surface area contributed by atoms with Gasteiger partial charge in [0, 0.05) is 6.54 Å². The summed E-state index contributed by atoms with van der Waals surface area (Å²) in [6.07, 6.45) is 1.21. The zero-order valence-corrected chi connectivity index (χ0v) is 10.4. The molecule has 1 aromatic rings. The van der Waals surface area contributed by atoms with Gasteiger partial charge in [-0.25, -0.2) is 0 Å². The van der Waals surface area contributed by atoms with Crippen molar-refractivity contribution in [1.29, 1.82) is 0 Å². The fraction of sp³-hybridized carbons (Fsp3) is 0.500. The summed E-state index contributed by atoms with van der Waals surface area (Å²) in [7, 11) is 0. The van der Waals surface area contributed by atoms with E-state index in [1.807, 2.05) is 30.3 Å². The first-order chi connectivity index (χ1) is 8.69. The molecular weight excluding hydrogens is 230 g/mol. The van der Waals surface area contributed by atoms with Crippen molar-refractivity contribution in [2.45, 2.75) is 18.3 Å². The first-order valence-corrected chi connectivity index (χ1v) is 6.31. The van der Waals surface area contributed by atoms with Gasteiger partial charge in [-0.3, -0.25) is 4.79 Å². The molecule has 0 spiro atoms. The van der Waals surface area contributed by atoms with E-state index in [-0.39, 0.29) is 6.61 Å². The van der Waals surface area contributed by atoms with Crippen LogP contribution in [0.5, 0.6) is 0 Å². The van der Waals surface area contributed by atoms with Crippen LogP contribution in [0.25, 0.3) is 0 Å². The van der Waals surface area contributed by atoms with Gasteiger partial charge in [0.2, 0.25) is 0 Å². The van der Waals surface area contributed by atoms with Gasteiger partial charge in [0.1, 0.15) is 0 Å². The first-order valence-electron chi connectivity index (χ1n) is 6.31. The number of nitrogens with zero attached hydrogens (tertiary/aromatic N) is 1. The van der Waals surface area contributed by atoms with Crippen molar-refractivity contribution in [2.75, 3.05) is 26.2 Å². The molecule has 0 amide bonds. The molecule has 1 saturated heterocycles. The maximum absolute atomic E-state index is 11.7. The Bertz CT molecular complexity index is 397. The fourth-order valence-electron chi connectivity index (χ4n) is 2.68. The molecule has 1 aromatic carbocycles. The van der Waals surface area contributed by atoms with Crippen molar-refractivity contribution < 1.29 is 15.0 Å². The highest BCUT2D eigenvalue weighted by atomic mass is 16.4. The van der Waals surface area contributed by atoms with E-state index in [0.717, 1.165) is 18.7 Å². The van der Waals surface area contributed by atoms with Crippen molar-refractivity contribution in [1.82, 2.24) is 4.90 Å². The second kappa shape index (κ2) is 5.50. The summed E-state index contributed by atoms with van der Waals surface area (Å²) in [6.45, 7) is 2.21. The Morgan fingerprint density at radius 2 is 1.83 bits per heavy atom. The number of aliphatic carboxylic acids is 1. The number of rotatable bonds is 4. The highest BCUT2D eigenvalue weighted by molar-refractivity contribution is 5.81. The number of piperidine rings is 1. The largest absolute Gasteiger partial charge is 0.481 e. The lowest BCUT2D eigenvalue weighted by Gasteiger charge is -2.39. The Balaban J connectivity index is 2.19. The Labute approximate surface area is 107 Å². The monoisotopic (exact) mass is 249 g/mol. The average molecular weight is 249 g/mol. The molecule has 1 fully saturated rings. The van der Waals surface area contributed by atoms with Crippen LogP contribution in [0.1, 0.15) is 18.4 Å². The summed E-state index contributed by atoms with van der Waals surface area (Å²) in [5, 5.41) is 18.5. The number of carbonyl (C=O) groups is 1. The summed E-state index contributed by atoms with van der Waals surface area (Å²) in [5.74, 6) is -0.739. The third kappa shape index (κ3) is 2.40. The molecule has 4 nitrogen and oxygen atoms in total. The van der Waals surface area contributed by atoms with Crippen LogP contribution in [-0.2, 0) is 10.2 Å². The van der Waals surface area contributed by atoms with Crippen molar-refractivity contribution in [3.8, 4) is 0 Å². The Kier molecular flexibility index (Phi) is 3.99. The van der Waals surface area contributed by atoms with Crippen molar-refractivity contribution >= 4 is 5.97 Å². The molecule has 0 radical (unpaired) electrons. The highest BCUT2D eigenvalue weighted by Crippen LogP contribution is 2.35. The first kappa shape index (κ1) is 13.1. The van der Waals surface area contributed by atoms with E-state index in [1.165, 1.54) is 0 Å². The van der Waals surface area contributed by atoms with Crippen LogP contribution < -0.4 is 0 Å². The van der Waals surface area contributed by atoms with E-state index in [2.05, 4.69) is 4.90 Å². The summed E-state index contributed by atoms with van der Waals surface area (Å²) in [4.78, 5) is 13.8. The quantitative estimate of drug-likeness (QED) is 0.839. The van der Waals surface area contributed by atoms with E-state index in [4.69, 9.17) is 5.11 Å². The SMILES string of the molecule is O=C(O)C1(c2ccccc2)CCN(CCO)CC1. The van der Waals surface area contributed by atoms with Crippen LogP contribution in [0, 0.1) is 0 Å². The minimum Gasteiger partial charge on any atom is -0.481 e. The molecule has 98 valence electrons. The zero-order valence-electron chi connectivity index (χ0n) is 10.4. The predicted molar refractivity (Wildman–Crippen MR) is 68.5 cm³/mol. The molecule has 0 unspecified atom stereocenters. The smallest absolute Gasteiger partial charge is 0.314 e. The van der Waals surface area contributed by atoms with Crippen LogP contribution in [0.2, 0.25) is 0 Å². The number of likely N-dealkylation sites (tertiary alicyclic amines) is 1. The van der Waals surface area contributed by atoms with Gasteiger partial charge in [-0.2, -0.15) is 0 Å². The Morgan fingerprint density at radius 3 is 2.33 bits per heavy atom. The number of benzene rings is 1. The number of β-amino-alcohol motifs (C(OH)–C–C–N with tert-alkyl or cyclic N) is 1. The van der Waals surface area contributed by atoms with Gasteiger partial charge in [0.15, 0.2) is 0 Å². The van der Waals surface area contributed by atoms with Crippen LogP contribution >= 0.6 is 0 Å². The van der Waals surface area contributed by atoms with Crippen LogP contribution in [0.15, 0.2) is 30.3 Å². The second-order valence-corrected chi connectivity index (χ2v) is 4.82. The van der Waals surface area contributed by atoms with Crippen LogP contribution in [0.4, 0.5) is 0 Å². The van der Waals surface area contributed by atoms with Crippen molar-refractivity contribution in [2.24, 2.45) is 0 Å². The maximum Gasteiger partial charge on any atom is 0.314 e. The van der Waals surface area contributed by atoms with Gasteiger partial charge < -0.3 is 15.1 Å². The van der Waals surface area contributed by atoms with Crippen LogP contribution in [0.3, 0.4) is 0 Å². The number of hydrogen-bond donors (Lipinski definition) is 2. The molecule has 18 heavy (non-hydrogen) atoms. The number of aliphatic hydroxyl groups excluding tert-OH is 1. The van der Waals surface area contributed by atoms with Gasteiger partial charge in [-0.1, -0.05) is 30.3 Å². The van der Waals surface area contributed by atoms with Gasteiger partial charge in [0.25, 0.3) is 0 Å². The van der Waals surface area contributed by atoms with Crippen molar-refractivity contribution in [3.63, 3.8) is 0 Å². The fourth-order valence-corrected chi connectivity index (χ4v) is 2.68. The lowest BCUT2D eigenvalue weighted by Crippen LogP contribution is -2.47. The molecule has 0 aromatic heterocycles. The van der Waals surface area contributed by atoms with E-state index in [9.17, 15) is 9.90 Å². The molecule has 0 bridgehead atoms.